The fourth-order valence-corrected chi connectivity index (χ4v) is 7.56. The lowest BCUT2D eigenvalue weighted by Gasteiger charge is -2.16. The van der Waals surface area contributed by atoms with Crippen LogP contribution in [0, 0.1) is 0 Å². The third-order valence-corrected chi connectivity index (χ3v) is 11.2. The van der Waals surface area contributed by atoms with Gasteiger partial charge in [-0.25, -0.2) is 0 Å². The van der Waals surface area contributed by atoms with Crippen molar-refractivity contribution in [2.45, 2.75) is 46.2 Å². The molecule has 7 aromatic carbocycles. The summed E-state index contributed by atoms with van der Waals surface area (Å²) in [5, 5.41) is 3.82. The SMILES string of the molecule is COc1cc(COc2cc(COc3cc(CN=[N+]=[N-])cc(OCc4cc(OCc5cc(OC)cc(OC)c5)cc(OCc5cc(OC)cc(OC)c5)c4)c3)cc(OCc3cc(OC)cc(OC)c3)c2)cc(OC)c1. The van der Waals surface area contributed by atoms with Crippen LogP contribution >= 0.6 is 0 Å². The van der Waals surface area contributed by atoms with Crippen LogP contribution < -0.4 is 66.3 Å². The summed E-state index contributed by atoms with van der Waals surface area (Å²) in [6, 6.07) is 38.8. The first-order valence-corrected chi connectivity index (χ1v) is 23.2. The van der Waals surface area contributed by atoms with Gasteiger partial charge in [-0.05, 0) is 129 Å². The van der Waals surface area contributed by atoms with E-state index >= 15 is 0 Å². The van der Waals surface area contributed by atoms with Crippen molar-refractivity contribution in [1.29, 1.82) is 0 Å². The summed E-state index contributed by atoms with van der Waals surface area (Å²) in [6.07, 6.45) is 0. The van der Waals surface area contributed by atoms with Crippen molar-refractivity contribution in [3.05, 3.63) is 177 Å². The molecule has 0 saturated carbocycles. The third-order valence-electron chi connectivity index (χ3n) is 11.2. The Balaban J connectivity index is 1.13. The Morgan fingerprint density at radius 2 is 0.419 bits per heavy atom. The average Bonchev–Trinajstić information content (AvgIpc) is 3.44. The molecule has 0 spiro atoms. The van der Waals surface area contributed by atoms with Gasteiger partial charge in [0.15, 0.2) is 0 Å². The maximum Gasteiger partial charge on any atom is 0.123 e. The predicted molar refractivity (Wildman–Crippen MR) is 276 cm³/mol. The molecular weight excluding hydrogens is 951 g/mol. The van der Waals surface area contributed by atoms with Crippen LogP contribution in [0.15, 0.2) is 133 Å². The van der Waals surface area contributed by atoms with E-state index in [2.05, 4.69) is 10.0 Å². The Morgan fingerprint density at radius 1 is 0.257 bits per heavy atom. The highest BCUT2D eigenvalue weighted by molar-refractivity contribution is 5.45. The topological polar surface area (TPSA) is 178 Å². The highest BCUT2D eigenvalue weighted by Gasteiger charge is 2.13. The standard InChI is InChI=1S/C57H59N3O14/c1-61-44-11-38(12-45(23-44)62-2)31-71-54-19-42(20-55(28-54)72-32-39-13-46(63-3)24-47(14-39)64-4)35-69-52-9-37(30-59-60-58)10-53(27-52)70-36-43-21-56(73-33-40-15-48(65-5)25-49(16-40)66-6)29-57(22-43)74-34-41-17-50(67-7)26-51(18-41)68-8/h9-29H,30-36H2,1-8H3. The zero-order chi connectivity index (χ0) is 52.2. The molecule has 7 rings (SSSR count). The number of ether oxygens (including phenoxy) is 14. The van der Waals surface area contributed by atoms with Gasteiger partial charge < -0.3 is 66.3 Å². The van der Waals surface area contributed by atoms with Gasteiger partial charge in [-0.15, -0.1) is 0 Å². The number of hydrogen-bond acceptors (Lipinski definition) is 15. The molecule has 0 N–H and O–H groups in total. The molecule has 0 aliphatic rings. The van der Waals surface area contributed by atoms with Gasteiger partial charge in [-0.3, -0.25) is 0 Å². The van der Waals surface area contributed by atoms with Crippen LogP contribution in [0.5, 0.6) is 80.5 Å². The van der Waals surface area contributed by atoms with E-state index < -0.39 is 0 Å². The molecule has 7 aromatic rings. The zero-order valence-electron chi connectivity index (χ0n) is 42.6. The van der Waals surface area contributed by atoms with Crippen molar-refractivity contribution in [2.75, 3.05) is 56.9 Å². The van der Waals surface area contributed by atoms with E-state index in [4.69, 9.17) is 66.3 Å². The van der Waals surface area contributed by atoms with Crippen LogP contribution in [0.25, 0.3) is 10.4 Å². The van der Waals surface area contributed by atoms with Crippen molar-refractivity contribution < 1.29 is 66.3 Å². The molecule has 0 atom stereocenters. The van der Waals surface area contributed by atoms with Gasteiger partial charge in [-0.2, -0.15) is 0 Å². The zero-order valence-corrected chi connectivity index (χ0v) is 42.6. The summed E-state index contributed by atoms with van der Waals surface area (Å²) in [4.78, 5) is 2.98. The maximum absolute atomic E-state index is 9.25. The lowest BCUT2D eigenvalue weighted by atomic mass is 10.1. The molecular formula is C57H59N3O14. The third kappa shape index (κ3) is 15.5. The molecule has 0 aromatic heterocycles. The van der Waals surface area contributed by atoms with Gasteiger partial charge in [0.25, 0.3) is 0 Å². The van der Waals surface area contributed by atoms with E-state index in [1.54, 1.807) is 99.3 Å². The normalized spacial score (nSPS) is 10.5. The fraction of sp³-hybridized carbons (Fsp3) is 0.263. The van der Waals surface area contributed by atoms with Crippen molar-refractivity contribution in [3.63, 3.8) is 0 Å². The first kappa shape index (κ1) is 52.9. The van der Waals surface area contributed by atoms with Crippen LogP contribution in [0.4, 0.5) is 0 Å². The minimum absolute atomic E-state index is 0.0565. The van der Waals surface area contributed by atoms with Crippen molar-refractivity contribution >= 4 is 0 Å². The Hall–Kier alpha value is -8.95. The molecule has 386 valence electrons. The predicted octanol–water partition coefficient (Wildman–Crippen LogP) is 12.0. The molecule has 0 aliphatic heterocycles. The van der Waals surface area contributed by atoms with E-state index in [9.17, 15) is 5.53 Å². The Morgan fingerprint density at radius 3 is 0.595 bits per heavy atom. The number of nitrogens with zero attached hydrogens (tertiary/aromatic N) is 3. The number of rotatable bonds is 28. The van der Waals surface area contributed by atoms with Crippen molar-refractivity contribution in [1.82, 2.24) is 0 Å². The van der Waals surface area contributed by atoms with E-state index in [1.807, 2.05) is 84.9 Å². The van der Waals surface area contributed by atoms with Crippen LogP contribution in [-0.2, 0) is 46.2 Å². The van der Waals surface area contributed by atoms with Gasteiger partial charge in [0, 0.05) is 47.4 Å². The van der Waals surface area contributed by atoms with Crippen LogP contribution in [0.3, 0.4) is 0 Å². The molecule has 0 aliphatic carbocycles. The first-order valence-electron chi connectivity index (χ1n) is 23.2. The summed E-state index contributed by atoms with van der Waals surface area (Å²) in [7, 11) is 12.8. The lowest BCUT2D eigenvalue weighted by molar-refractivity contribution is 0.275. The quantitative estimate of drug-likeness (QED) is 0.0257. The molecule has 0 radical (unpaired) electrons. The summed E-state index contributed by atoms with van der Waals surface area (Å²) >= 11 is 0. The Kier molecular flexibility index (Phi) is 18.9. The minimum Gasteiger partial charge on any atom is -0.497 e. The number of benzene rings is 7. The smallest absolute Gasteiger partial charge is 0.123 e. The molecule has 0 bridgehead atoms. The number of methoxy groups -OCH3 is 8. The van der Waals surface area contributed by atoms with Crippen LogP contribution in [0.2, 0.25) is 0 Å². The second kappa shape index (κ2) is 26.5. The fourth-order valence-electron chi connectivity index (χ4n) is 7.56. The average molecular weight is 1010 g/mol. The molecule has 0 amide bonds. The highest BCUT2D eigenvalue weighted by atomic mass is 16.5. The minimum atomic E-state index is 0.0565. The molecule has 17 heteroatoms. The van der Waals surface area contributed by atoms with Gasteiger partial charge in [-0.1, -0.05) is 5.11 Å². The molecule has 0 fully saturated rings. The summed E-state index contributed by atoms with van der Waals surface area (Å²) in [5.41, 5.74) is 14.8. The maximum atomic E-state index is 9.25. The number of hydrogen-bond donors (Lipinski definition) is 0. The van der Waals surface area contributed by atoms with Crippen LogP contribution in [-0.4, -0.2) is 56.9 Å². The van der Waals surface area contributed by atoms with E-state index in [1.165, 1.54) is 0 Å². The largest absolute Gasteiger partial charge is 0.497 e. The molecule has 0 heterocycles. The van der Waals surface area contributed by atoms with Crippen molar-refractivity contribution in [3.8, 4) is 80.5 Å². The summed E-state index contributed by atoms with van der Waals surface area (Å²) < 4.78 is 82.1. The summed E-state index contributed by atoms with van der Waals surface area (Å²) in [6.45, 7) is 1.12. The lowest BCUT2D eigenvalue weighted by Crippen LogP contribution is -2.03. The second-order valence-corrected chi connectivity index (χ2v) is 16.4. The van der Waals surface area contributed by atoms with E-state index in [0.29, 0.717) is 86.1 Å². The van der Waals surface area contributed by atoms with Gasteiger partial charge in [0.05, 0.1) is 63.4 Å². The first-order chi connectivity index (χ1) is 36.1. The van der Waals surface area contributed by atoms with E-state index in [-0.39, 0.29) is 46.2 Å². The molecule has 17 nitrogen and oxygen atoms in total. The molecule has 0 unspecified atom stereocenters. The number of azide groups is 1. The van der Waals surface area contributed by atoms with Gasteiger partial charge in [0.2, 0.25) is 0 Å². The Labute approximate surface area is 430 Å². The van der Waals surface area contributed by atoms with Gasteiger partial charge in [0.1, 0.15) is 120 Å². The molecule has 0 saturated heterocycles. The highest BCUT2D eigenvalue weighted by Crippen LogP contribution is 2.33. The van der Waals surface area contributed by atoms with E-state index in [0.717, 1.165) is 33.4 Å². The van der Waals surface area contributed by atoms with Crippen molar-refractivity contribution in [2.24, 2.45) is 5.11 Å². The Bertz CT molecular complexity index is 2600. The second-order valence-electron chi connectivity index (χ2n) is 16.4. The molecule has 74 heavy (non-hydrogen) atoms. The monoisotopic (exact) mass is 1010 g/mol. The van der Waals surface area contributed by atoms with Gasteiger partial charge >= 0.3 is 0 Å². The van der Waals surface area contributed by atoms with Crippen LogP contribution in [0.1, 0.15) is 38.9 Å². The summed E-state index contributed by atoms with van der Waals surface area (Å²) in [5.74, 6) is 8.18.